The van der Waals surface area contributed by atoms with Gasteiger partial charge in [0, 0.05) is 20.1 Å². The Morgan fingerprint density at radius 3 is 2.74 bits per heavy atom. The van der Waals surface area contributed by atoms with E-state index in [1.165, 1.54) is 38.5 Å². The molecule has 2 heteroatoms. The molecule has 0 heterocycles. The van der Waals surface area contributed by atoms with Crippen molar-refractivity contribution in [2.75, 3.05) is 13.7 Å². The van der Waals surface area contributed by atoms with Gasteiger partial charge in [-0.25, -0.2) is 0 Å². The molecule has 0 N–H and O–H groups in total. The van der Waals surface area contributed by atoms with Crippen LogP contribution in [0.2, 0.25) is 0 Å². The SMILES string of the molecule is COC[C@H]1CC[C@H]2[C@@H]3CC[C@H]4CC(=O)C=C[C@]4(C)[C@H]3CC[C@]12C. The molecular formula is C21H32O2. The first-order valence-corrected chi connectivity index (χ1v) is 9.70. The molecule has 2 nitrogen and oxygen atoms in total. The molecule has 7 atom stereocenters. The van der Waals surface area contributed by atoms with Gasteiger partial charge in [-0.15, -0.1) is 0 Å². The highest BCUT2D eigenvalue weighted by Gasteiger charge is 2.59. The molecule has 0 aliphatic heterocycles. The van der Waals surface area contributed by atoms with E-state index < -0.39 is 0 Å². The summed E-state index contributed by atoms with van der Waals surface area (Å²) >= 11 is 0. The van der Waals surface area contributed by atoms with Crippen LogP contribution in [0.1, 0.15) is 58.8 Å². The number of carbonyl (C=O) groups excluding carboxylic acids is 1. The van der Waals surface area contributed by atoms with Crippen LogP contribution in [0.25, 0.3) is 0 Å². The fourth-order valence-electron chi connectivity index (χ4n) is 7.22. The van der Waals surface area contributed by atoms with Crippen molar-refractivity contribution in [1.29, 1.82) is 0 Å². The summed E-state index contributed by atoms with van der Waals surface area (Å²) in [4.78, 5) is 11.9. The van der Waals surface area contributed by atoms with Gasteiger partial charge in [-0.05, 0) is 85.0 Å². The highest BCUT2D eigenvalue weighted by atomic mass is 16.5. The van der Waals surface area contributed by atoms with Crippen LogP contribution in [0.15, 0.2) is 12.2 Å². The van der Waals surface area contributed by atoms with Crippen molar-refractivity contribution in [3.63, 3.8) is 0 Å². The molecule has 3 fully saturated rings. The Hall–Kier alpha value is -0.630. The van der Waals surface area contributed by atoms with Gasteiger partial charge in [0.05, 0.1) is 0 Å². The summed E-state index contributed by atoms with van der Waals surface area (Å²) < 4.78 is 5.54. The minimum absolute atomic E-state index is 0.275. The molecule has 0 aromatic carbocycles. The molecule has 0 aromatic rings. The van der Waals surface area contributed by atoms with Gasteiger partial charge in [-0.2, -0.15) is 0 Å². The largest absolute Gasteiger partial charge is 0.384 e. The second-order valence-corrected chi connectivity index (χ2v) is 9.30. The molecule has 0 unspecified atom stereocenters. The van der Waals surface area contributed by atoms with Crippen molar-refractivity contribution in [3.8, 4) is 0 Å². The highest BCUT2D eigenvalue weighted by Crippen LogP contribution is 2.66. The zero-order valence-electron chi connectivity index (χ0n) is 15.0. The molecule has 0 bridgehead atoms. The quantitative estimate of drug-likeness (QED) is 0.742. The zero-order chi connectivity index (χ0) is 16.2. The summed E-state index contributed by atoms with van der Waals surface area (Å²) in [6.45, 7) is 5.96. The van der Waals surface area contributed by atoms with Crippen molar-refractivity contribution >= 4 is 5.78 Å². The van der Waals surface area contributed by atoms with Gasteiger partial charge in [0.1, 0.15) is 0 Å². The predicted molar refractivity (Wildman–Crippen MR) is 92.0 cm³/mol. The normalized spacial score (nSPS) is 52.0. The third kappa shape index (κ3) is 2.20. The van der Waals surface area contributed by atoms with Gasteiger partial charge in [-0.3, -0.25) is 4.79 Å². The maximum absolute atomic E-state index is 11.9. The molecule has 0 spiro atoms. The molecular weight excluding hydrogens is 284 g/mol. The minimum atomic E-state index is 0.275. The lowest BCUT2D eigenvalue weighted by atomic mass is 9.46. The molecule has 0 saturated heterocycles. The lowest BCUT2D eigenvalue weighted by Crippen LogP contribution is -2.52. The Morgan fingerprint density at radius 2 is 1.96 bits per heavy atom. The fourth-order valence-corrected chi connectivity index (χ4v) is 7.22. The summed E-state index contributed by atoms with van der Waals surface area (Å²) in [6, 6.07) is 0. The fraction of sp³-hybridized carbons (Fsp3) is 0.857. The van der Waals surface area contributed by atoms with E-state index in [0.29, 0.717) is 17.1 Å². The van der Waals surface area contributed by atoms with Crippen LogP contribution in [0.3, 0.4) is 0 Å². The average molecular weight is 316 g/mol. The number of allylic oxidation sites excluding steroid dienone is 2. The topological polar surface area (TPSA) is 26.3 Å². The molecule has 4 rings (SSSR count). The number of ketones is 1. The van der Waals surface area contributed by atoms with E-state index in [9.17, 15) is 4.79 Å². The third-order valence-corrected chi connectivity index (χ3v) is 8.60. The van der Waals surface area contributed by atoms with Crippen LogP contribution in [-0.2, 0) is 9.53 Å². The summed E-state index contributed by atoms with van der Waals surface area (Å²) in [5.41, 5.74) is 0.770. The summed E-state index contributed by atoms with van der Waals surface area (Å²) in [5, 5.41) is 0. The van der Waals surface area contributed by atoms with E-state index in [-0.39, 0.29) is 5.41 Å². The number of fused-ring (bicyclic) bond motifs is 5. The third-order valence-electron chi connectivity index (χ3n) is 8.60. The van der Waals surface area contributed by atoms with E-state index >= 15 is 0 Å². The second kappa shape index (κ2) is 5.44. The standard InChI is InChI=1S/C21H32O2/c1-20-10-8-16(22)12-14(20)4-6-17-18-7-5-15(13-23-3)21(18,2)11-9-19(17)20/h8,10,14-15,17-19H,4-7,9,11-13H2,1-3H3/t14-,15+,17-,18-,19-,20-,21+/m0/s1. The zero-order valence-corrected chi connectivity index (χ0v) is 15.0. The lowest BCUT2D eigenvalue weighted by molar-refractivity contribution is -0.122. The maximum atomic E-state index is 11.9. The first-order valence-electron chi connectivity index (χ1n) is 9.70. The van der Waals surface area contributed by atoms with Gasteiger partial charge in [0.25, 0.3) is 0 Å². The van der Waals surface area contributed by atoms with Gasteiger partial charge in [-0.1, -0.05) is 19.9 Å². The van der Waals surface area contributed by atoms with Crippen molar-refractivity contribution in [2.24, 2.45) is 40.4 Å². The lowest BCUT2D eigenvalue weighted by Gasteiger charge is -2.59. The summed E-state index contributed by atoms with van der Waals surface area (Å²) in [6.07, 6.45) is 13.1. The maximum Gasteiger partial charge on any atom is 0.155 e. The van der Waals surface area contributed by atoms with Gasteiger partial charge >= 0.3 is 0 Å². The number of hydrogen-bond donors (Lipinski definition) is 0. The van der Waals surface area contributed by atoms with Gasteiger partial charge < -0.3 is 4.74 Å². The van der Waals surface area contributed by atoms with Crippen LogP contribution in [-0.4, -0.2) is 19.5 Å². The molecule has 128 valence electrons. The van der Waals surface area contributed by atoms with E-state index in [2.05, 4.69) is 19.9 Å². The number of carbonyl (C=O) groups is 1. The smallest absolute Gasteiger partial charge is 0.155 e. The number of ether oxygens (including phenoxy) is 1. The van der Waals surface area contributed by atoms with E-state index in [1.807, 2.05) is 13.2 Å². The van der Waals surface area contributed by atoms with E-state index in [0.717, 1.165) is 36.7 Å². The Balaban J connectivity index is 1.63. The highest BCUT2D eigenvalue weighted by molar-refractivity contribution is 5.91. The van der Waals surface area contributed by atoms with Crippen molar-refractivity contribution < 1.29 is 9.53 Å². The summed E-state index contributed by atoms with van der Waals surface area (Å²) in [5.74, 6) is 4.26. The van der Waals surface area contributed by atoms with E-state index in [1.54, 1.807) is 0 Å². The number of rotatable bonds is 2. The van der Waals surface area contributed by atoms with Crippen LogP contribution < -0.4 is 0 Å². The Morgan fingerprint density at radius 1 is 1.13 bits per heavy atom. The Labute approximate surface area is 141 Å². The Bertz CT molecular complexity index is 524. The van der Waals surface area contributed by atoms with Crippen LogP contribution in [0.5, 0.6) is 0 Å². The van der Waals surface area contributed by atoms with Crippen molar-refractivity contribution in [3.05, 3.63) is 12.2 Å². The Kier molecular flexibility index (Phi) is 3.75. The van der Waals surface area contributed by atoms with Crippen LogP contribution in [0, 0.1) is 40.4 Å². The first kappa shape index (κ1) is 15.9. The van der Waals surface area contributed by atoms with Crippen molar-refractivity contribution in [1.82, 2.24) is 0 Å². The van der Waals surface area contributed by atoms with Crippen LogP contribution in [0.4, 0.5) is 0 Å². The average Bonchev–Trinajstić information content (AvgIpc) is 2.85. The molecule has 23 heavy (non-hydrogen) atoms. The number of methoxy groups -OCH3 is 1. The number of hydrogen-bond acceptors (Lipinski definition) is 2. The van der Waals surface area contributed by atoms with E-state index in [4.69, 9.17) is 4.74 Å². The molecule has 0 aromatic heterocycles. The molecule has 4 aliphatic carbocycles. The van der Waals surface area contributed by atoms with Gasteiger partial charge in [0.2, 0.25) is 0 Å². The van der Waals surface area contributed by atoms with Crippen molar-refractivity contribution in [2.45, 2.75) is 58.8 Å². The molecule has 0 amide bonds. The van der Waals surface area contributed by atoms with Crippen LogP contribution >= 0.6 is 0 Å². The predicted octanol–water partition coefficient (Wildman–Crippen LogP) is 4.64. The monoisotopic (exact) mass is 316 g/mol. The summed E-state index contributed by atoms with van der Waals surface area (Å²) in [7, 11) is 1.86. The molecule has 3 saturated carbocycles. The van der Waals surface area contributed by atoms with Gasteiger partial charge in [0.15, 0.2) is 5.78 Å². The minimum Gasteiger partial charge on any atom is -0.384 e. The molecule has 4 aliphatic rings. The molecule has 0 radical (unpaired) electrons. The second-order valence-electron chi connectivity index (χ2n) is 9.30. The first-order chi connectivity index (χ1) is 11.0.